The number of aromatic nitrogens is 3. The third kappa shape index (κ3) is 2.58. The fraction of sp³-hybridized carbons (Fsp3) is 0.462. The molecule has 0 aliphatic carbocycles. The summed E-state index contributed by atoms with van der Waals surface area (Å²) in [6, 6.07) is 0. The van der Waals surface area contributed by atoms with E-state index in [1.54, 1.807) is 0 Å². The number of nitrogens with zero attached hydrogens (tertiary/aromatic N) is 2. The molecule has 0 saturated carbocycles. The van der Waals surface area contributed by atoms with Crippen LogP contribution in [0.2, 0.25) is 0 Å². The van der Waals surface area contributed by atoms with Gasteiger partial charge in [0.05, 0.1) is 17.0 Å². The maximum Gasteiger partial charge on any atom is 0.264 e. The van der Waals surface area contributed by atoms with Gasteiger partial charge in [-0.3, -0.25) is 4.79 Å². The summed E-state index contributed by atoms with van der Waals surface area (Å²) >= 11 is 2.04. The number of hydrogen-bond donors (Lipinski definition) is 1. The Balaban J connectivity index is 2.75. The van der Waals surface area contributed by atoms with E-state index in [9.17, 15) is 4.79 Å². The van der Waals surface area contributed by atoms with Crippen molar-refractivity contribution in [2.75, 3.05) is 0 Å². The van der Waals surface area contributed by atoms with Gasteiger partial charge in [0.15, 0.2) is 0 Å². The van der Waals surface area contributed by atoms with Gasteiger partial charge in [0.2, 0.25) is 0 Å². The van der Waals surface area contributed by atoms with Crippen LogP contribution in [0.25, 0.3) is 11.4 Å². The molecule has 0 amide bonds. The van der Waals surface area contributed by atoms with Crippen LogP contribution >= 0.6 is 22.6 Å². The lowest BCUT2D eigenvalue weighted by Crippen LogP contribution is -2.24. The highest BCUT2D eigenvalue weighted by molar-refractivity contribution is 14.1. The van der Waals surface area contributed by atoms with Crippen LogP contribution in [0.4, 0.5) is 0 Å². The van der Waals surface area contributed by atoms with E-state index in [4.69, 9.17) is 4.52 Å². The number of hydrogen-bond acceptors (Lipinski definition) is 4. The molecule has 0 unspecified atom stereocenters. The lowest BCUT2D eigenvalue weighted by atomic mass is 9.92. The van der Waals surface area contributed by atoms with Crippen LogP contribution in [0.15, 0.2) is 9.32 Å². The smallest absolute Gasteiger partial charge is 0.264 e. The lowest BCUT2D eigenvalue weighted by Gasteiger charge is -2.19. The number of rotatable bonds is 1. The topological polar surface area (TPSA) is 71.8 Å². The molecule has 2 aromatic rings. The number of H-pyrrole nitrogens is 1. The highest BCUT2D eigenvalue weighted by Gasteiger charge is 2.24. The largest absolute Gasteiger partial charge is 0.361 e. The fourth-order valence-electron chi connectivity index (χ4n) is 1.90. The van der Waals surface area contributed by atoms with Gasteiger partial charge in [-0.2, -0.15) is 0 Å². The van der Waals surface area contributed by atoms with Gasteiger partial charge >= 0.3 is 0 Å². The Morgan fingerprint density at radius 3 is 2.37 bits per heavy atom. The second kappa shape index (κ2) is 4.73. The summed E-state index contributed by atoms with van der Waals surface area (Å²) in [5.74, 6) is 1.17. The van der Waals surface area contributed by atoms with Crippen LogP contribution in [-0.4, -0.2) is 15.1 Å². The maximum absolute atomic E-state index is 12.1. The van der Waals surface area contributed by atoms with E-state index in [0.29, 0.717) is 15.2 Å². The molecule has 0 aromatic carbocycles. The second-order valence-corrected chi connectivity index (χ2v) is 6.61. The van der Waals surface area contributed by atoms with E-state index in [1.807, 2.05) is 57.2 Å². The first-order valence-electron chi connectivity index (χ1n) is 5.95. The summed E-state index contributed by atoms with van der Waals surface area (Å²) in [4.78, 5) is 19.5. The number of nitrogens with one attached hydrogen (secondary N) is 1. The molecule has 2 rings (SSSR count). The fourth-order valence-corrected chi connectivity index (χ4v) is 2.96. The van der Waals surface area contributed by atoms with Gasteiger partial charge in [0.1, 0.15) is 15.2 Å². The Kier molecular flexibility index (Phi) is 3.55. The van der Waals surface area contributed by atoms with Crippen molar-refractivity contribution in [3.8, 4) is 11.4 Å². The summed E-state index contributed by atoms with van der Waals surface area (Å²) in [5.41, 5.74) is 1.95. The molecule has 0 aliphatic heterocycles. The zero-order valence-corrected chi connectivity index (χ0v) is 13.7. The first-order valence-corrected chi connectivity index (χ1v) is 7.03. The number of halogens is 1. The van der Waals surface area contributed by atoms with Crippen molar-refractivity contribution in [3.63, 3.8) is 0 Å². The molecule has 0 fully saturated rings. The molecule has 2 heterocycles. The Morgan fingerprint density at radius 2 is 1.89 bits per heavy atom. The molecule has 1 N–H and O–H groups in total. The van der Waals surface area contributed by atoms with Gasteiger partial charge in [0.25, 0.3) is 5.56 Å². The molecule has 102 valence electrons. The van der Waals surface area contributed by atoms with Crippen LogP contribution < -0.4 is 5.56 Å². The van der Waals surface area contributed by atoms with Crippen molar-refractivity contribution < 1.29 is 4.52 Å². The zero-order chi connectivity index (χ0) is 14.4. The molecule has 0 aliphatic rings. The minimum Gasteiger partial charge on any atom is -0.361 e. The standard InChI is InChI=1S/C13H16IN3O2/c1-6-8(7(2)19-17-6)11-15-10(13(3,4)5)9(14)12(18)16-11/h1-5H3,(H,15,16,18). The third-order valence-corrected chi connectivity index (χ3v) is 3.84. The quantitative estimate of drug-likeness (QED) is 0.781. The highest BCUT2D eigenvalue weighted by atomic mass is 127. The molecule has 19 heavy (non-hydrogen) atoms. The highest BCUT2D eigenvalue weighted by Crippen LogP contribution is 2.27. The Hall–Kier alpha value is -1.18. The third-order valence-electron chi connectivity index (χ3n) is 2.84. The lowest BCUT2D eigenvalue weighted by molar-refractivity contribution is 0.393. The molecule has 6 heteroatoms. The minimum absolute atomic E-state index is 0.129. The molecule has 0 spiro atoms. The molecule has 0 saturated heterocycles. The zero-order valence-electron chi connectivity index (χ0n) is 11.6. The summed E-state index contributed by atoms with van der Waals surface area (Å²) in [5, 5.41) is 3.90. The van der Waals surface area contributed by atoms with Crippen molar-refractivity contribution in [3.05, 3.63) is 31.1 Å². The van der Waals surface area contributed by atoms with Crippen LogP contribution in [0, 0.1) is 17.4 Å². The van der Waals surface area contributed by atoms with Crippen molar-refractivity contribution >= 4 is 22.6 Å². The summed E-state index contributed by atoms with van der Waals surface area (Å²) in [6.07, 6.45) is 0. The number of aromatic amines is 1. The van der Waals surface area contributed by atoms with Gasteiger partial charge in [-0.15, -0.1) is 0 Å². The van der Waals surface area contributed by atoms with Crippen molar-refractivity contribution in [2.24, 2.45) is 0 Å². The molecule has 0 radical (unpaired) electrons. The predicted octanol–water partition coefficient (Wildman–Crippen LogP) is 2.94. The van der Waals surface area contributed by atoms with Crippen LogP contribution in [-0.2, 0) is 5.41 Å². The van der Waals surface area contributed by atoms with Crippen molar-refractivity contribution in [1.82, 2.24) is 15.1 Å². The SMILES string of the molecule is Cc1noc(C)c1-c1nc(C(C)(C)C)c(I)c(=O)[nH]1. The number of aryl methyl sites for hydroxylation is 2. The summed E-state index contributed by atoms with van der Waals surface area (Å²) in [6.45, 7) is 9.75. The van der Waals surface area contributed by atoms with Gasteiger partial charge in [-0.1, -0.05) is 25.9 Å². The second-order valence-electron chi connectivity index (χ2n) is 5.53. The first kappa shape index (κ1) is 14.2. The van der Waals surface area contributed by atoms with Gasteiger partial charge in [0, 0.05) is 5.41 Å². The molecular weight excluding hydrogens is 357 g/mol. The molecular formula is C13H16IN3O2. The van der Waals surface area contributed by atoms with Gasteiger partial charge in [-0.05, 0) is 36.4 Å². The van der Waals surface area contributed by atoms with E-state index in [1.165, 1.54) is 0 Å². The van der Waals surface area contributed by atoms with E-state index in [-0.39, 0.29) is 11.0 Å². The molecule has 0 bridgehead atoms. The first-order chi connectivity index (χ1) is 8.71. The van der Waals surface area contributed by atoms with Crippen LogP contribution in [0.5, 0.6) is 0 Å². The predicted molar refractivity (Wildman–Crippen MR) is 81.2 cm³/mol. The molecule has 0 atom stereocenters. The Morgan fingerprint density at radius 1 is 1.26 bits per heavy atom. The Labute approximate surface area is 125 Å². The van der Waals surface area contributed by atoms with Crippen molar-refractivity contribution in [1.29, 1.82) is 0 Å². The van der Waals surface area contributed by atoms with E-state index in [0.717, 1.165) is 17.0 Å². The van der Waals surface area contributed by atoms with E-state index in [2.05, 4.69) is 15.1 Å². The monoisotopic (exact) mass is 373 g/mol. The summed E-state index contributed by atoms with van der Waals surface area (Å²) < 4.78 is 5.76. The van der Waals surface area contributed by atoms with Crippen LogP contribution in [0.1, 0.15) is 37.9 Å². The average molecular weight is 373 g/mol. The van der Waals surface area contributed by atoms with Crippen LogP contribution in [0.3, 0.4) is 0 Å². The van der Waals surface area contributed by atoms with Gasteiger partial charge < -0.3 is 9.51 Å². The maximum atomic E-state index is 12.1. The van der Waals surface area contributed by atoms with Gasteiger partial charge in [-0.25, -0.2) is 4.98 Å². The summed E-state index contributed by atoms with van der Waals surface area (Å²) in [7, 11) is 0. The Bertz CT molecular complexity index is 661. The van der Waals surface area contributed by atoms with E-state index < -0.39 is 0 Å². The molecule has 5 nitrogen and oxygen atoms in total. The average Bonchev–Trinajstić information content (AvgIpc) is 2.61. The minimum atomic E-state index is -0.196. The van der Waals surface area contributed by atoms with Crippen molar-refractivity contribution in [2.45, 2.75) is 40.0 Å². The van der Waals surface area contributed by atoms with E-state index >= 15 is 0 Å². The molecule has 2 aromatic heterocycles. The normalized spacial score (nSPS) is 11.9.